The zero-order chi connectivity index (χ0) is 12.4. The van der Waals surface area contributed by atoms with Crippen LogP contribution in [0.3, 0.4) is 0 Å². The first-order valence-electron chi connectivity index (χ1n) is 6.25. The zero-order valence-corrected chi connectivity index (χ0v) is 10.1. The van der Waals surface area contributed by atoms with Crippen LogP contribution in [0.4, 0.5) is 5.69 Å². The first-order valence-corrected chi connectivity index (χ1v) is 6.25. The number of aliphatic hydroxyl groups is 1. The van der Waals surface area contributed by atoms with Crippen molar-refractivity contribution in [3.63, 3.8) is 0 Å². The Balaban J connectivity index is 1.86. The summed E-state index contributed by atoms with van der Waals surface area (Å²) in [6, 6.07) is 8.16. The second kappa shape index (κ2) is 4.82. The summed E-state index contributed by atoms with van der Waals surface area (Å²) in [5, 5.41) is 9.72. The van der Waals surface area contributed by atoms with Gasteiger partial charge in [0, 0.05) is 24.3 Å². The molecule has 0 spiro atoms. The van der Waals surface area contributed by atoms with Crippen molar-refractivity contribution in [2.45, 2.75) is 18.9 Å². The summed E-state index contributed by atoms with van der Waals surface area (Å²) in [5.41, 5.74) is 2.15. The number of benzene rings is 1. The quantitative estimate of drug-likeness (QED) is 0.880. The number of hydrogen-bond donors (Lipinski definition) is 1. The van der Waals surface area contributed by atoms with E-state index in [4.69, 9.17) is 4.42 Å². The molecule has 1 atom stereocenters. The van der Waals surface area contributed by atoms with Crippen LogP contribution < -0.4 is 4.90 Å². The van der Waals surface area contributed by atoms with Crippen LogP contribution in [0, 0.1) is 0 Å². The van der Waals surface area contributed by atoms with Gasteiger partial charge in [0.2, 0.25) is 0 Å². The Bertz CT molecular complexity index is 510. The summed E-state index contributed by atoms with van der Waals surface area (Å²) in [5.74, 6) is 0.773. The average Bonchev–Trinajstić information content (AvgIpc) is 2.93. The van der Waals surface area contributed by atoms with Gasteiger partial charge < -0.3 is 14.4 Å². The monoisotopic (exact) mass is 244 g/mol. The standard InChI is InChI=1S/C14H16N2O2/c17-13-5-2-6-16(9-13)12-4-1-3-11(7-12)14-8-15-10-18-14/h1,3-4,7-8,10,13,17H,2,5-6,9H2. The van der Waals surface area contributed by atoms with E-state index < -0.39 is 0 Å². The number of rotatable bonds is 2. The maximum Gasteiger partial charge on any atom is 0.181 e. The summed E-state index contributed by atoms with van der Waals surface area (Å²) in [6.07, 6.45) is 4.87. The predicted octanol–water partition coefficient (Wildman–Crippen LogP) is 2.30. The molecule has 0 radical (unpaired) electrons. The largest absolute Gasteiger partial charge is 0.444 e. The van der Waals surface area contributed by atoms with Crippen LogP contribution in [-0.4, -0.2) is 29.3 Å². The van der Waals surface area contributed by atoms with Crippen molar-refractivity contribution in [3.8, 4) is 11.3 Å². The molecule has 1 fully saturated rings. The third-order valence-corrected chi connectivity index (χ3v) is 3.32. The van der Waals surface area contributed by atoms with Gasteiger partial charge in [-0.1, -0.05) is 12.1 Å². The third kappa shape index (κ3) is 2.24. The van der Waals surface area contributed by atoms with Gasteiger partial charge in [0.15, 0.2) is 12.2 Å². The van der Waals surface area contributed by atoms with Crippen molar-refractivity contribution in [2.24, 2.45) is 0 Å². The Labute approximate surface area is 106 Å². The van der Waals surface area contributed by atoms with E-state index >= 15 is 0 Å². The Morgan fingerprint density at radius 1 is 1.39 bits per heavy atom. The maximum absolute atomic E-state index is 9.72. The Morgan fingerprint density at radius 3 is 3.11 bits per heavy atom. The minimum atomic E-state index is -0.215. The lowest BCUT2D eigenvalue weighted by atomic mass is 10.1. The summed E-state index contributed by atoms with van der Waals surface area (Å²) in [7, 11) is 0. The molecule has 1 aliphatic heterocycles. The Kier molecular flexibility index (Phi) is 3.02. The summed E-state index contributed by atoms with van der Waals surface area (Å²) in [6.45, 7) is 1.71. The SMILES string of the molecule is OC1CCCN(c2cccc(-c3cnco3)c2)C1. The second-order valence-electron chi connectivity index (χ2n) is 4.66. The van der Waals surface area contributed by atoms with Gasteiger partial charge in [-0.15, -0.1) is 0 Å². The van der Waals surface area contributed by atoms with E-state index in [0.29, 0.717) is 6.54 Å². The van der Waals surface area contributed by atoms with E-state index in [1.165, 1.54) is 6.39 Å². The highest BCUT2D eigenvalue weighted by Crippen LogP contribution is 2.26. The number of aromatic nitrogens is 1. The molecule has 0 saturated carbocycles. The molecule has 0 amide bonds. The van der Waals surface area contributed by atoms with Crippen LogP contribution in [-0.2, 0) is 0 Å². The lowest BCUT2D eigenvalue weighted by molar-refractivity contribution is 0.154. The van der Waals surface area contributed by atoms with E-state index in [-0.39, 0.29) is 6.10 Å². The van der Waals surface area contributed by atoms with Gasteiger partial charge in [-0.25, -0.2) is 4.98 Å². The number of piperidine rings is 1. The number of anilines is 1. The second-order valence-corrected chi connectivity index (χ2v) is 4.66. The summed E-state index contributed by atoms with van der Waals surface area (Å²) < 4.78 is 5.30. The fourth-order valence-electron chi connectivity index (χ4n) is 2.40. The van der Waals surface area contributed by atoms with Crippen LogP contribution >= 0.6 is 0 Å². The molecule has 4 nitrogen and oxygen atoms in total. The molecule has 1 saturated heterocycles. The molecule has 3 rings (SSSR count). The molecule has 2 aromatic rings. The van der Waals surface area contributed by atoms with Crippen molar-refractivity contribution >= 4 is 5.69 Å². The molecule has 1 N–H and O–H groups in total. The van der Waals surface area contributed by atoms with Crippen molar-refractivity contribution in [1.82, 2.24) is 4.98 Å². The van der Waals surface area contributed by atoms with E-state index in [2.05, 4.69) is 22.0 Å². The average molecular weight is 244 g/mol. The van der Waals surface area contributed by atoms with Gasteiger partial charge >= 0.3 is 0 Å². The van der Waals surface area contributed by atoms with Crippen LogP contribution in [0.5, 0.6) is 0 Å². The van der Waals surface area contributed by atoms with Gasteiger partial charge in [-0.3, -0.25) is 0 Å². The van der Waals surface area contributed by atoms with E-state index in [0.717, 1.165) is 36.4 Å². The van der Waals surface area contributed by atoms with Crippen LogP contribution in [0.1, 0.15) is 12.8 Å². The zero-order valence-electron chi connectivity index (χ0n) is 10.1. The molecule has 0 bridgehead atoms. The lowest BCUT2D eigenvalue weighted by Crippen LogP contribution is -2.38. The molecule has 4 heteroatoms. The minimum absolute atomic E-state index is 0.215. The number of aliphatic hydroxyl groups excluding tert-OH is 1. The fraction of sp³-hybridized carbons (Fsp3) is 0.357. The van der Waals surface area contributed by atoms with Crippen molar-refractivity contribution in [2.75, 3.05) is 18.0 Å². The van der Waals surface area contributed by atoms with Gasteiger partial charge in [-0.2, -0.15) is 0 Å². The minimum Gasteiger partial charge on any atom is -0.444 e. The van der Waals surface area contributed by atoms with E-state index in [1.807, 2.05) is 12.1 Å². The smallest absolute Gasteiger partial charge is 0.181 e. The van der Waals surface area contributed by atoms with Gasteiger partial charge in [0.25, 0.3) is 0 Å². The highest BCUT2D eigenvalue weighted by molar-refractivity contribution is 5.64. The molecule has 2 heterocycles. The number of nitrogens with zero attached hydrogens (tertiary/aromatic N) is 2. The van der Waals surface area contributed by atoms with Crippen molar-refractivity contribution in [3.05, 3.63) is 36.9 Å². The Morgan fingerprint density at radius 2 is 2.33 bits per heavy atom. The van der Waals surface area contributed by atoms with Crippen LogP contribution in [0.25, 0.3) is 11.3 Å². The summed E-state index contributed by atoms with van der Waals surface area (Å²) in [4.78, 5) is 6.15. The molecule has 1 aromatic carbocycles. The molecule has 1 unspecified atom stereocenters. The molecule has 94 valence electrons. The molecule has 1 aromatic heterocycles. The topological polar surface area (TPSA) is 49.5 Å². The molecular weight excluding hydrogens is 228 g/mol. The number of hydrogen-bond acceptors (Lipinski definition) is 4. The Hall–Kier alpha value is -1.81. The van der Waals surface area contributed by atoms with E-state index in [1.54, 1.807) is 6.20 Å². The van der Waals surface area contributed by atoms with Crippen molar-refractivity contribution in [1.29, 1.82) is 0 Å². The maximum atomic E-state index is 9.72. The number of oxazole rings is 1. The normalized spacial score (nSPS) is 20.1. The predicted molar refractivity (Wildman–Crippen MR) is 69.4 cm³/mol. The van der Waals surface area contributed by atoms with E-state index in [9.17, 15) is 5.11 Å². The fourth-order valence-corrected chi connectivity index (χ4v) is 2.40. The summed E-state index contributed by atoms with van der Waals surface area (Å²) >= 11 is 0. The highest BCUT2D eigenvalue weighted by atomic mass is 16.3. The first-order chi connectivity index (χ1) is 8.83. The highest BCUT2D eigenvalue weighted by Gasteiger charge is 2.18. The van der Waals surface area contributed by atoms with Gasteiger partial charge in [-0.05, 0) is 25.0 Å². The molecule has 0 aliphatic carbocycles. The molecule has 1 aliphatic rings. The number of β-amino-alcohol motifs (C(OH)–C–C–N with tert-alkyl or cyclic N) is 1. The molecular formula is C14H16N2O2. The van der Waals surface area contributed by atoms with Gasteiger partial charge in [0.05, 0.1) is 12.3 Å². The van der Waals surface area contributed by atoms with Crippen LogP contribution in [0.15, 0.2) is 41.3 Å². The molecule has 18 heavy (non-hydrogen) atoms. The van der Waals surface area contributed by atoms with Crippen molar-refractivity contribution < 1.29 is 9.52 Å². The van der Waals surface area contributed by atoms with Gasteiger partial charge in [0.1, 0.15) is 0 Å². The third-order valence-electron chi connectivity index (χ3n) is 3.32. The first kappa shape index (κ1) is 11.3. The lowest BCUT2D eigenvalue weighted by Gasteiger charge is -2.32. The van der Waals surface area contributed by atoms with Crippen LogP contribution in [0.2, 0.25) is 0 Å².